The van der Waals surface area contributed by atoms with Crippen LogP contribution in [-0.4, -0.2) is 42.9 Å². The van der Waals surface area contributed by atoms with Gasteiger partial charge in [0.25, 0.3) is 5.91 Å². The Hall–Kier alpha value is -1.23. The van der Waals surface area contributed by atoms with Crippen molar-refractivity contribution in [2.75, 3.05) is 21.3 Å². The first-order valence-electron chi connectivity index (χ1n) is 7.21. The molecule has 4 nitrogen and oxygen atoms in total. The highest BCUT2D eigenvalue weighted by atomic mass is 79.9. The Morgan fingerprint density at radius 1 is 1.14 bits per heavy atom. The molecule has 0 saturated heterocycles. The van der Waals surface area contributed by atoms with E-state index >= 15 is 0 Å². The van der Waals surface area contributed by atoms with Crippen molar-refractivity contribution >= 4 is 21.8 Å². The van der Waals surface area contributed by atoms with Crippen LogP contribution >= 0.6 is 15.9 Å². The summed E-state index contributed by atoms with van der Waals surface area (Å²) in [5, 5.41) is 0. The van der Waals surface area contributed by atoms with Gasteiger partial charge in [-0.15, -0.1) is 0 Å². The summed E-state index contributed by atoms with van der Waals surface area (Å²) in [6, 6.07) is 5.52. The van der Waals surface area contributed by atoms with E-state index in [1.54, 1.807) is 32.4 Å². The van der Waals surface area contributed by atoms with Crippen molar-refractivity contribution in [2.45, 2.75) is 36.6 Å². The van der Waals surface area contributed by atoms with E-state index in [1.165, 1.54) is 12.8 Å². The SMILES string of the molecule is COc1cc(OC)cc(C(=O)N(C)C2CCCCC2Br)c1. The first-order valence-corrected chi connectivity index (χ1v) is 8.12. The van der Waals surface area contributed by atoms with Gasteiger partial charge in [0, 0.05) is 29.5 Å². The molecule has 0 radical (unpaired) electrons. The Bertz CT molecular complexity index is 484. The molecule has 2 unspecified atom stereocenters. The molecule has 2 rings (SSSR count). The summed E-state index contributed by atoms with van der Waals surface area (Å²) in [7, 11) is 5.04. The average Bonchev–Trinajstić information content (AvgIpc) is 2.53. The van der Waals surface area contributed by atoms with Crippen LogP contribution in [0.3, 0.4) is 0 Å². The molecular weight excluding hydrogens is 334 g/mol. The summed E-state index contributed by atoms with van der Waals surface area (Å²) in [6.45, 7) is 0. The van der Waals surface area contributed by atoms with Gasteiger partial charge in [0.15, 0.2) is 0 Å². The number of hydrogen-bond acceptors (Lipinski definition) is 3. The first kappa shape index (κ1) is 16.1. The van der Waals surface area contributed by atoms with Gasteiger partial charge in [-0.1, -0.05) is 28.8 Å². The lowest BCUT2D eigenvalue weighted by Crippen LogP contribution is -2.44. The number of benzene rings is 1. The first-order chi connectivity index (χ1) is 10.1. The van der Waals surface area contributed by atoms with Crippen LogP contribution in [0.5, 0.6) is 11.5 Å². The number of methoxy groups -OCH3 is 2. The molecule has 1 aliphatic rings. The number of halogens is 1. The van der Waals surface area contributed by atoms with Crippen LogP contribution in [0.4, 0.5) is 0 Å². The summed E-state index contributed by atoms with van der Waals surface area (Å²) in [5.74, 6) is 1.26. The largest absolute Gasteiger partial charge is 0.497 e. The van der Waals surface area contributed by atoms with Crippen molar-refractivity contribution in [1.29, 1.82) is 0 Å². The van der Waals surface area contributed by atoms with E-state index in [4.69, 9.17) is 9.47 Å². The lowest BCUT2D eigenvalue weighted by atomic mass is 9.94. The highest BCUT2D eigenvalue weighted by Gasteiger charge is 2.29. The maximum Gasteiger partial charge on any atom is 0.254 e. The van der Waals surface area contributed by atoms with E-state index < -0.39 is 0 Å². The van der Waals surface area contributed by atoms with E-state index in [1.807, 2.05) is 11.9 Å². The second-order valence-electron chi connectivity index (χ2n) is 5.39. The van der Waals surface area contributed by atoms with E-state index in [0.29, 0.717) is 21.9 Å². The van der Waals surface area contributed by atoms with Gasteiger partial charge >= 0.3 is 0 Å². The van der Waals surface area contributed by atoms with Gasteiger partial charge in [-0.3, -0.25) is 4.79 Å². The number of ether oxygens (including phenoxy) is 2. The highest BCUT2D eigenvalue weighted by molar-refractivity contribution is 9.09. The number of alkyl halides is 1. The monoisotopic (exact) mass is 355 g/mol. The van der Waals surface area contributed by atoms with Crippen LogP contribution in [-0.2, 0) is 0 Å². The van der Waals surface area contributed by atoms with Crippen molar-refractivity contribution in [3.8, 4) is 11.5 Å². The van der Waals surface area contributed by atoms with Crippen molar-refractivity contribution in [2.24, 2.45) is 0 Å². The van der Waals surface area contributed by atoms with E-state index in [0.717, 1.165) is 12.8 Å². The van der Waals surface area contributed by atoms with Gasteiger partial charge in [0.1, 0.15) is 11.5 Å². The molecule has 1 aromatic rings. The van der Waals surface area contributed by atoms with Crippen LogP contribution in [0.1, 0.15) is 36.0 Å². The molecule has 0 bridgehead atoms. The van der Waals surface area contributed by atoms with Crippen LogP contribution < -0.4 is 9.47 Å². The van der Waals surface area contributed by atoms with Crippen molar-refractivity contribution < 1.29 is 14.3 Å². The summed E-state index contributed by atoms with van der Waals surface area (Å²) >= 11 is 3.71. The Balaban J connectivity index is 2.22. The van der Waals surface area contributed by atoms with Crippen molar-refractivity contribution in [1.82, 2.24) is 4.90 Å². The topological polar surface area (TPSA) is 38.8 Å². The maximum absolute atomic E-state index is 12.7. The molecule has 0 heterocycles. The minimum absolute atomic E-state index is 0.00329. The van der Waals surface area contributed by atoms with Crippen LogP contribution in [0.25, 0.3) is 0 Å². The van der Waals surface area contributed by atoms with E-state index in [2.05, 4.69) is 15.9 Å². The van der Waals surface area contributed by atoms with Crippen molar-refractivity contribution in [3.63, 3.8) is 0 Å². The molecule has 21 heavy (non-hydrogen) atoms. The summed E-state index contributed by atoms with van der Waals surface area (Å²) in [5.41, 5.74) is 0.596. The number of hydrogen-bond donors (Lipinski definition) is 0. The van der Waals surface area contributed by atoms with Gasteiger partial charge in [-0.25, -0.2) is 0 Å². The summed E-state index contributed by atoms with van der Waals surface area (Å²) in [4.78, 5) is 14.9. The third-order valence-electron chi connectivity index (χ3n) is 4.06. The molecule has 1 amide bonds. The Kier molecular flexibility index (Phi) is 5.51. The fourth-order valence-electron chi connectivity index (χ4n) is 2.79. The van der Waals surface area contributed by atoms with Crippen LogP contribution in [0.15, 0.2) is 18.2 Å². The third kappa shape index (κ3) is 3.70. The van der Waals surface area contributed by atoms with Crippen molar-refractivity contribution in [3.05, 3.63) is 23.8 Å². The summed E-state index contributed by atoms with van der Waals surface area (Å²) < 4.78 is 10.5. The zero-order chi connectivity index (χ0) is 15.4. The molecule has 1 fully saturated rings. The molecule has 5 heteroatoms. The van der Waals surface area contributed by atoms with E-state index in [-0.39, 0.29) is 11.9 Å². The Morgan fingerprint density at radius 3 is 2.24 bits per heavy atom. The third-order valence-corrected chi connectivity index (χ3v) is 5.13. The number of carbonyl (C=O) groups excluding carboxylic acids is 1. The standard InChI is InChI=1S/C16H22BrNO3/c1-18(15-7-5-4-6-14(15)17)16(19)11-8-12(20-2)10-13(9-11)21-3/h8-10,14-15H,4-7H2,1-3H3. The molecular formula is C16H22BrNO3. The maximum atomic E-state index is 12.7. The lowest BCUT2D eigenvalue weighted by molar-refractivity contribution is 0.0704. The smallest absolute Gasteiger partial charge is 0.254 e. The number of rotatable bonds is 4. The molecule has 0 N–H and O–H groups in total. The van der Waals surface area contributed by atoms with Gasteiger partial charge < -0.3 is 14.4 Å². The molecule has 0 aliphatic heterocycles. The van der Waals surface area contributed by atoms with Gasteiger partial charge in [-0.2, -0.15) is 0 Å². The average molecular weight is 356 g/mol. The fraction of sp³-hybridized carbons (Fsp3) is 0.562. The second-order valence-corrected chi connectivity index (χ2v) is 6.56. The van der Waals surface area contributed by atoms with E-state index in [9.17, 15) is 4.79 Å². The Labute approximate surface area is 134 Å². The number of carbonyl (C=O) groups is 1. The lowest BCUT2D eigenvalue weighted by Gasteiger charge is -2.35. The molecule has 116 valence electrons. The zero-order valence-electron chi connectivity index (χ0n) is 12.8. The highest BCUT2D eigenvalue weighted by Crippen LogP contribution is 2.30. The fourth-order valence-corrected chi connectivity index (χ4v) is 3.73. The predicted octanol–water partition coefficient (Wildman–Crippen LogP) is 3.48. The number of amides is 1. The number of nitrogens with zero attached hydrogens (tertiary/aromatic N) is 1. The molecule has 0 spiro atoms. The van der Waals surface area contributed by atoms with Crippen LogP contribution in [0.2, 0.25) is 0 Å². The summed E-state index contributed by atoms with van der Waals surface area (Å²) in [6.07, 6.45) is 4.55. The molecule has 1 aliphatic carbocycles. The quantitative estimate of drug-likeness (QED) is 0.776. The minimum Gasteiger partial charge on any atom is -0.497 e. The molecule has 2 atom stereocenters. The van der Waals surface area contributed by atoms with Gasteiger partial charge in [-0.05, 0) is 25.0 Å². The van der Waals surface area contributed by atoms with Gasteiger partial charge in [0.2, 0.25) is 0 Å². The predicted molar refractivity (Wildman–Crippen MR) is 86.6 cm³/mol. The molecule has 1 aromatic carbocycles. The minimum atomic E-state index is 0.00329. The Morgan fingerprint density at radius 2 is 1.71 bits per heavy atom. The molecule has 1 saturated carbocycles. The van der Waals surface area contributed by atoms with Gasteiger partial charge in [0.05, 0.1) is 14.2 Å². The molecule has 0 aromatic heterocycles. The second kappa shape index (κ2) is 7.16. The van der Waals surface area contributed by atoms with Crippen LogP contribution in [0, 0.1) is 0 Å². The zero-order valence-corrected chi connectivity index (χ0v) is 14.4. The normalized spacial score (nSPS) is 21.7.